The van der Waals surface area contributed by atoms with Crippen LogP contribution in [0.4, 0.5) is 5.13 Å². The molecule has 1 saturated carbocycles. The number of thiazole rings is 1. The molecule has 6 nitrogen and oxygen atoms in total. The molecule has 2 saturated heterocycles. The van der Waals surface area contributed by atoms with Crippen LogP contribution in [0.2, 0.25) is 0 Å². The van der Waals surface area contributed by atoms with Crippen molar-refractivity contribution in [1.82, 2.24) is 14.8 Å². The van der Waals surface area contributed by atoms with Crippen molar-refractivity contribution in [2.75, 3.05) is 51.3 Å². The molecule has 2 aliphatic heterocycles. The molecule has 1 amide bonds. The third-order valence-corrected chi connectivity index (χ3v) is 8.42. The Labute approximate surface area is 189 Å². The van der Waals surface area contributed by atoms with Crippen LogP contribution in [0.1, 0.15) is 44.9 Å². The normalized spacial score (nSPS) is 24.0. The van der Waals surface area contributed by atoms with E-state index in [1.165, 1.54) is 32.1 Å². The number of piperazine rings is 1. The van der Waals surface area contributed by atoms with Crippen molar-refractivity contribution in [3.05, 3.63) is 18.2 Å². The monoisotopic (exact) mass is 442 g/mol. The van der Waals surface area contributed by atoms with E-state index < -0.39 is 0 Å². The molecule has 31 heavy (non-hydrogen) atoms. The van der Waals surface area contributed by atoms with E-state index in [0.717, 1.165) is 79.2 Å². The topological polar surface area (TPSA) is 48.9 Å². The molecule has 3 heterocycles. The van der Waals surface area contributed by atoms with E-state index in [9.17, 15) is 4.79 Å². The van der Waals surface area contributed by atoms with E-state index in [2.05, 4.69) is 20.8 Å². The third kappa shape index (κ3) is 4.53. The van der Waals surface area contributed by atoms with Gasteiger partial charge < -0.3 is 14.5 Å². The molecule has 1 aromatic carbocycles. The van der Waals surface area contributed by atoms with Gasteiger partial charge in [0.05, 0.1) is 23.2 Å². The highest BCUT2D eigenvalue weighted by Gasteiger charge is 2.33. The molecule has 7 heteroatoms. The Morgan fingerprint density at radius 2 is 1.84 bits per heavy atom. The summed E-state index contributed by atoms with van der Waals surface area (Å²) in [5, 5.41) is 1.03. The number of carbonyl (C=O) groups excluding carboxylic acids is 1. The van der Waals surface area contributed by atoms with Crippen LogP contribution in [0, 0.1) is 5.92 Å². The second-order valence-electron chi connectivity index (χ2n) is 9.27. The summed E-state index contributed by atoms with van der Waals surface area (Å²) >= 11 is 1.70. The maximum atomic E-state index is 13.3. The summed E-state index contributed by atoms with van der Waals surface area (Å²) in [6.45, 7) is 5.66. The molecule has 3 fully saturated rings. The molecule has 0 radical (unpaired) electrons. The van der Waals surface area contributed by atoms with E-state index in [1.54, 1.807) is 18.4 Å². The molecule has 0 N–H and O–H groups in total. The third-order valence-electron chi connectivity index (χ3n) is 7.34. The van der Waals surface area contributed by atoms with Crippen molar-refractivity contribution in [1.29, 1.82) is 0 Å². The SMILES string of the molecule is COc1ccc2nc(N3CCCC(C(=O)N4CCN(C5CCCCC5)CC4)C3)sc2c1. The first-order chi connectivity index (χ1) is 15.2. The Bertz CT molecular complexity index is 902. The van der Waals surface area contributed by atoms with Gasteiger partial charge in [-0.05, 0) is 43.9 Å². The number of benzene rings is 1. The fourth-order valence-corrected chi connectivity index (χ4v) is 6.55. The number of hydrogen-bond acceptors (Lipinski definition) is 6. The minimum absolute atomic E-state index is 0.0940. The van der Waals surface area contributed by atoms with Gasteiger partial charge in [-0.15, -0.1) is 0 Å². The summed E-state index contributed by atoms with van der Waals surface area (Å²) in [5.41, 5.74) is 1.01. The Morgan fingerprint density at radius 1 is 1.03 bits per heavy atom. The molecule has 2 aromatic rings. The summed E-state index contributed by atoms with van der Waals surface area (Å²) in [6, 6.07) is 6.79. The first-order valence-electron chi connectivity index (χ1n) is 11.9. The van der Waals surface area contributed by atoms with E-state index >= 15 is 0 Å². The fourth-order valence-electron chi connectivity index (χ4n) is 5.52. The standard InChI is InChI=1S/C24H34N4O2S/c1-30-20-9-10-21-22(16-20)31-24(25-21)28-11-5-6-18(17-28)23(29)27-14-12-26(13-15-27)19-7-3-2-4-8-19/h9-10,16,18-19H,2-8,11-15,17H2,1H3. The van der Waals surface area contributed by atoms with Gasteiger partial charge in [0.1, 0.15) is 5.75 Å². The number of amides is 1. The highest BCUT2D eigenvalue weighted by molar-refractivity contribution is 7.22. The average molecular weight is 443 g/mol. The second kappa shape index (κ2) is 9.33. The van der Waals surface area contributed by atoms with Crippen molar-refractivity contribution in [2.45, 2.75) is 51.0 Å². The molecule has 5 rings (SSSR count). The molecule has 1 unspecified atom stereocenters. The van der Waals surface area contributed by atoms with Crippen LogP contribution in [0.3, 0.4) is 0 Å². The van der Waals surface area contributed by atoms with E-state index in [1.807, 2.05) is 12.1 Å². The predicted octanol–water partition coefficient (Wildman–Crippen LogP) is 4.00. The number of carbonyl (C=O) groups is 1. The smallest absolute Gasteiger partial charge is 0.227 e. The molecular formula is C24H34N4O2S. The van der Waals surface area contributed by atoms with Gasteiger partial charge in [0.2, 0.25) is 5.91 Å². The minimum Gasteiger partial charge on any atom is -0.497 e. The lowest BCUT2D eigenvalue weighted by atomic mass is 9.93. The largest absolute Gasteiger partial charge is 0.497 e. The van der Waals surface area contributed by atoms with Gasteiger partial charge in [0.25, 0.3) is 0 Å². The number of hydrogen-bond donors (Lipinski definition) is 0. The van der Waals surface area contributed by atoms with Gasteiger partial charge in [-0.25, -0.2) is 4.98 Å². The number of rotatable bonds is 4. The molecule has 1 atom stereocenters. The number of fused-ring (bicyclic) bond motifs is 1. The first-order valence-corrected chi connectivity index (χ1v) is 12.8. The molecular weight excluding hydrogens is 408 g/mol. The highest BCUT2D eigenvalue weighted by Crippen LogP contribution is 2.34. The number of piperidine rings is 1. The first kappa shape index (κ1) is 21.0. The summed E-state index contributed by atoms with van der Waals surface area (Å²) in [6.07, 6.45) is 8.89. The number of anilines is 1. The number of methoxy groups -OCH3 is 1. The lowest BCUT2D eigenvalue weighted by Gasteiger charge is -2.42. The van der Waals surface area contributed by atoms with Gasteiger partial charge in [-0.3, -0.25) is 9.69 Å². The average Bonchev–Trinajstić information content (AvgIpc) is 3.28. The van der Waals surface area contributed by atoms with Crippen LogP contribution in [-0.4, -0.2) is 73.1 Å². The predicted molar refractivity (Wildman–Crippen MR) is 126 cm³/mol. The minimum atomic E-state index is 0.0940. The van der Waals surface area contributed by atoms with E-state index in [4.69, 9.17) is 9.72 Å². The van der Waals surface area contributed by atoms with Crippen molar-refractivity contribution in [3.63, 3.8) is 0 Å². The van der Waals surface area contributed by atoms with Crippen molar-refractivity contribution >= 4 is 32.6 Å². The van der Waals surface area contributed by atoms with Crippen LogP contribution in [-0.2, 0) is 4.79 Å². The molecule has 3 aliphatic rings. The van der Waals surface area contributed by atoms with Crippen LogP contribution in [0.5, 0.6) is 5.75 Å². The quantitative estimate of drug-likeness (QED) is 0.716. The summed E-state index contributed by atoms with van der Waals surface area (Å²) in [5.74, 6) is 1.31. The summed E-state index contributed by atoms with van der Waals surface area (Å²) in [4.78, 5) is 25.3. The van der Waals surface area contributed by atoms with E-state index in [-0.39, 0.29) is 5.92 Å². The zero-order chi connectivity index (χ0) is 21.2. The number of nitrogens with zero attached hydrogens (tertiary/aromatic N) is 4. The highest BCUT2D eigenvalue weighted by atomic mass is 32.1. The van der Waals surface area contributed by atoms with Gasteiger partial charge >= 0.3 is 0 Å². The van der Waals surface area contributed by atoms with Crippen LogP contribution in [0.25, 0.3) is 10.2 Å². The van der Waals surface area contributed by atoms with Crippen molar-refractivity contribution < 1.29 is 9.53 Å². The molecule has 168 valence electrons. The van der Waals surface area contributed by atoms with Crippen molar-refractivity contribution in [2.24, 2.45) is 5.92 Å². The Balaban J connectivity index is 1.20. The summed E-state index contributed by atoms with van der Waals surface area (Å²) in [7, 11) is 1.69. The maximum Gasteiger partial charge on any atom is 0.227 e. The Hall–Kier alpha value is -1.86. The molecule has 0 spiro atoms. The van der Waals surface area contributed by atoms with Crippen LogP contribution >= 0.6 is 11.3 Å². The van der Waals surface area contributed by atoms with E-state index in [0.29, 0.717) is 5.91 Å². The van der Waals surface area contributed by atoms with Gasteiger partial charge in [0, 0.05) is 45.3 Å². The van der Waals surface area contributed by atoms with Crippen LogP contribution in [0.15, 0.2) is 18.2 Å². The Kier molecular flexibility index (Phi) is 6.32. The fraction of sp³-hybridized carbons (Fsp3) is 0.667. The lowest BCUT2D eigenvalue weighted by molar-refractivity contribution is -0.138. The summed E-state index contributed by atoms with van der Waals surface area (Å²) < 4.78 is 6.49. The zero-order valence-electron chi connectivity index (χ0n) is 18.6. The number of ether oxygens (including phenoxy) is 1. The molecule has 1 aromatic heterocycles. The second-order valence-corrected chi connectivity index (χ2v) is 10.3. The Morgan fingerprint density at radius 3 is 2.61 bits per heavy atom. The number of aromatic nitrogens is 1. The van der Waals surface area contributed by atoms with Gasteiger partial charge in [-0.2, -0.15) is 0 Å². The zero-order valence-corrected chi connectivity index (χ0v) is 19.4. The van der Waals surface area contributed by atoms with Gasteiger partial charge in [-0.1, -0.05) is 30.6 Å². The maximum absolute atomic E-state index is 13.3. The van der Waals surface area contributed by atoms with Crippen molar-refractivity contribution in [3.8, 4) is 5.75 Å². The molecule has 1 aliphatic carbocycles. The molecule has 0 bridgehead atoms. The van der Waals surface area contributed by atoms with Gasteiger partial charge in [0.15, 0.2) is 5.13 Å². The van der Waals surface area contributed by atoms with Crippen LogP contribution < -0.4 is 9.64 Å². The lowest BCUT2D eigenvalue weighted by Crippen LogP contribution is -2.54.